The molecule has 0 fully saturated rings. The molecule has 0 saturated heterocycles. The van der Waals surface area contributed by atoms with Gasteiger partial charge in [-0.15, -0.1) is 0 Å². The highest BCUT2D eigenvalue weighted by Gasteiger charge is 2.16. The Morgan fingerprint density at radius 2 is 1.97 bits per heavy atom. The van der Waals surface area contributed by atoms with Crippen molar-refractivity contribution in [2.24, 2.45) is 7.05 Å². The normalized spacial score (nSPS) is 11.9. The minimum absolute atomic E-state index is 0.0555. The summed E-state index contributed by atoms with van der Waals surface area (Å²) in [5, 5.41) is 10.0. The third-order valence-corrected chi connectivity index (χ3v) is 4.68. The van der Waals surface area contributed by atoms with Crippen LogP contribution in [0.4, 0.5) is 4.79 Å². The van der Waals surface area contributed by atoms with E-state index < -0.39 is 0 Å². The second-order valence-corrected chi connectivity index (χ2v) is 7.24. The number of likely N-dealkylation sites (N-methyl/N-ethyl adjacent to an activating group) is 1. The van der Waals surface area contributed by atoms with E-state index in [4.69, 9.17) is 4.74 Å². The lowest BCUT2D eigenvalue weighted by molar-refractivity contribution is 0.232. The van der Waals surface area contributed by atoms with Crippen LogP contribution in [0.2, 0.25) is 0 Å². The third-order valence-electron chi connectivity index (χ3n) is 4.68. The van der Waals surface area contributed by atoms with Crippen molar-refractivity contribution in [3.63, 3.8) is 0 Å². The molecule has 0 saturated carbocycles. The standard InChI is InChI=1S/C22H28N6O2/c1-27(2)21(18-13-26-28(3)15-18)14-25-22(29)24-12-17-7-9-20(10-8-17)30-16-19-6-4-5-11-23-19/h4-11,13,15,21H,12,14,16H2,1-3H3,(H2,24,25,29). The number of urea groups is 1. The lowest BCUT2D eigenvalue weighted by Gasteiger charge is -2.23. The van der Waals surface area contributed by atoms with Gasteiger partial charge < -0.3 is 20.3 Å². The molecule has 158 valence electrons. The van der Waals surface area contributed by atoms with Crippen LogP contribution in [0.5, 0.6) is 5.75 Å². The van der Waals surface area contributed by atoms with Crippen molar-refractivity contribution in [1.29, 1.82) is 0 Å². The summed E-state index contributed by atoms with van der Waals surface area (Å²) in [6, 6.07) is 13.2. The molecule has 0 aliphatic carbocycles. The Morgan fingerprint density at radius 3 is 2.60 bits per heavy atom. The van der Waals surface area contributed by atoms with Gasteiger partial charge in [0.1, 0.15) is 12.4 Å². The summed E-state index contributed by atoms with van der Waals surface area (Å²) in [6.45, 7) is 1.35. The van der Waals surface area contributed by atoms with Gasteiger partial charge in [0.15, 0.2) is 0 Å². The van der Waals surface area contributed by atoms with Crippen molar-refractivity contribution in [2.75, 3.05) is 20.6 Å². The molecule has 8 heteroatoms. The molecule has 1 aromatic carbocycles. The smallest absolute Gasteiger partial charge is 0.315 e. The van der Waals surface area contributed by atoms with Crippen molar-refractivity contribution < 1.29 is 9.53 Å². The molecule has 2 amide bonds. The average Bonchev–Trinajstić information content (AvgIpc) is 3.18. The van der Waals surface area contributed by atoms with Crippen molar-refractivity contribution in [2.45, 2.75) is 19.2 Å². The summed E-state index contributed by atoms with van der Waals surface area (Å²) in [5.41, 5.74) is 2.93. The van der Waals surface area contributed by atoms with E-state index in [2.05, 4.69) is 25.6 Å². The van der Waals surface area contributed by atoms with Gasteiger partial charge in [-0.1, -0.05) is 18.2 Å². The molecule has 0 spiro atoms. The van der Waals surface area contributed by atoms with Crippen LogP contribution in [-0.4, -0.2) is 46.3 Å². The number of nitrogens with zero attached hydrogens (tertiary/aromatic N) is 4. The molecule has 30 heavy (non-hydrogen) atoms. The van der Waals surface area contributed by atoms with Crippen molar-refractivity contribution in [3.05, 3.63) is 77.9 Å². The number of carbonyl (C=O) groups is 1. The van der Waals surface area contributed by atoms with Crippen molar-refractivity contribution in [1.82, 2.24) is 30.3 Å². The van der Waals surface area contributed by atoms with Crippen LogP contribution < -0.4 is 15.4 Å². The first kappa shape index (κ1) is 21.3. The largest absolute Gasteiger partial charge is 0.487 e. The zero-order valence-corrected chi connectivity index (χ0v) is 17.6. The number of pyridine rings is 1. The number of aryl methyl sites for hydroxylation is 1. The van der Waals surface area contributed by atoms with Crippen LogP contribution in [-0.2, 0) is 20.2 Å². The van der Waals surface area contributed by atoms with E-state index in [0.717, 1.165) is 22.6 Å². The first-order chi connectivity index (χ1) is 14.5. The zero-order chi connectivity index (χ0) is 21.3. The van der Waals surface area contributed by atoms with Gasteiger partial charge in [0, 0.05) is 38.1 Å². The Morgan fingerprint density at radius 1 is 1.17 bits per heavy atom. The first-order valence-corrected chi connectivity index (χ1v) is 9.79. The highest BCUT2D eigenvalue weighted by atomic mass is 16.5. The Hall–Kier alpha value is -3.39. The van der Waals surface area contributed by atoms with Crippen LogP contribution >= 0.6 is 0 Å². The van der Waals surface area contributed by atoms with E-state index in [-0.39, 0.29) is 12.1 Å². The second kappa shape index (κ2) is 10.4. The average molecular weight is 409 g/mol. The third kappa shape index (κ3) is 6.31. The van der Waals surface area contributed by atoms with Crippen molar-refractivity contribution >= 4 is 6.03 Å². The summed E-state index contributed by atoms with van der Waals surface area (Å²) in [7, 11) is 5.84. The predicted octanol–water partition coefficient (Wildman–Crippen LogP) is 2.50. The lowest BCUT2D eigenvalue weighted by Crippen LogP contribution is -2.40. The minimum atomic E-state index is -0.207. The highest BCUT2D eigenvalue weighted by Crippen LogP contribution is 2.16. The maximum Gasteiger partial charge on any atom is 0.315 e. The molecule has 3 rings (SSSR count). The Kier molecular flexibility index (Phi) is 7.40. The number of hydrogen-bond donors (Lipinski definition) is 2. The van der Waals surface area contributed by atoms with Gasteiger partial charge in [-0.2, -0.15) is 5.10 Å². The molecule has 2 aromatic heterocycles. The maximum atomic E-state index is 12.2. The minimum Gasteiger partial charge on any atom is -0.487 e. The van der Waals surface area contributed by atoms with E-state index in [1.165, 1.54) is 0 Å². The van der Waals surface area contributed by atoms with Crippen LogP contribution in [0.25, 0.3) is 0 Å². The summed E-state index contributed by atoms with van der Waals surface area (Å²) in [4.78, 5) is 18.5. The molecule has 1 unspecified atom stereocenters. The summed E-state index contributed by atoms with van der Waals surface area (Å²) in [6.07, 6.45) is 5.53. The van der Waals surface area contributed by atoms with Gasteiger partial charge in [0.25, 0.3) is 0 Å². The van der Waals surface area contributed by atoms with Crippen LogP contribution in [0.1, 0.15) is 22.9 Å². The first-order valence-electron chi connectivity index (χ1n) is 9.79. The van der Waals surface area contributed by atoms with Gasteiger partial charge in [-0.05, 0) is 43.9 Å². The number of benzene rings is 1. The number of rotatable bonds is 9. The maximum absolute atomic E-state index is 12.2. The molecular weight excluding hydrogens is 380 g/mol. The Bertz CT molecular complexity index is 924. The molecule has 0 aliphatic heterocycles. The number of carbonyl (C=O) groups excluding carboxylic acids is 1. The number of hydrogen-bond acceptors (Lipinski definition) is 5. The van der Waals surface area contributed by atoms with Gasteiger partial charge in [0.2, 0.25) is 0 Å². The topological polar surface area (TPSA) is 84.3 Å². The summed E-state index contributed by atoms with van der Waals surface area (Å²) in [5.74, 6) is 0.763. The fourth-order valence-corrected chi connectivity index (χ4v) is 2.99. The molecule has 3 aromatic rings. The van der Waals surface area contributed by atoms with Gasteiger partial charge >= 0.3 is 6.03 Å². The van der Waals surface area contributed by atoms with Crippen LogP contribution in [0.3, 0.4) is 0 Å². The Balaban J connectivity index is 1.42. The number of aromatic nitrogens is 3. The number of ether oxygens (including phenoxy) is 1. The van der Waals surface area contributed by atoms with E-state index >= 15 is 0 Å². The molecular formula is C22H28N6O2. The summed E-state index contributed by atoms with van der Waals surface area (Å²) >= 11 is 0. The zero-order valence-electron chi connectivity index (χ0n) is 17.6. The quantitative estimate of drug-likeness (QED) is 0.568. The van der Waals surface area contributed by atoms with E-state index in [0.29, 0.717) is 19.7 Å². The van der Waals surface area contributed by atoms with E-state index in [1.54, 1.807) is 10.9 Å². The van der Waals surface area contributed by atoms with E-state index in [9.17, 15) is 4.79 Å². The molecule has 0 bridgehead atoms. The highest BCUT2D eigenvalue weighted by molar-refractivity contribution is 5.73. The summed E-state index contributed by atoms with van der Waals surface area (Å²) < 4.78 is 7.49. The van der Waals surface area contributed by atoms with Crippen LogP contribution in [0, 0.1) is 0 Å². The SMILES string of the molecule is CN(C)C(CNC(=O)NCc1ccc(OCc2ccccn2)cc1)c1cnn(C)c1. The van der Waals surface area contributed by atoms with Crippen molar-refractivity contribution in [3.8, 4) is 5.75 Å². The number of nitrogens with one attached hydrogen (secondary N) is 2. The molecule has 8 nitrogen and oxygen atoms in total. The fourth-order valence-electron chi connectivity index (χ4n) is 2.99. The van der Waals surface area contributed by atoms with Gasteiger partial charge in [0.05, 0.1) is 17.9 Å². The molecule has 0 radical (unpaired) electrons. The van der Waals surface area contributed by atoms with Gasteiger partial charge in [-0.25, -0.2) is 4.79 Å². The molecule has 1 atom stereocenters. The molecule has 2 heterocycles. The fraction of sp³-hybridized carbons (Fsp3) is 0.318. The van der Waals surface area contributed by atoms with Gasteiger partial charge in [-0.3, -0.25) is 9.67 Å². The molecule has 0 aliphatic rings. The number of amides is 2. The van der Waals surface area contributed by atoms with E-state index in [1.807, 2.05) is 76.0 Å². The second-order valence-electron chi connectivity index (χ2n) is 7.24. The lowest BCUT2D eigenvalue weighted by atomic mass is 10.1. The monoisotopic (exact) mass is 408 g/mol. The van der Waals surface area contributed by atoms with Crippen LogP contribution in [0.15, 0.2) is 61.1 Å². The molecule has 2 N–H and O–H groups in total. The Labute approximate surface area is 176 Å². The predicted molar refractivity (Wildman–Crippen MR) is 115 cm³/mol.